The van der Waals surface area contributed by atoms with Crippen molar-refractivity contribution in [2.24, 2.45) is 0 Å². The minimum Gasteiger partial charge on any atom is -0.834 e. The molecule has 0 aromatic carbocycles. The molecule has 0 aliphatic rings. The van der Waals surface area contributed by atoms with Crippen molar-refractivity contribution >= 4 is 45.8 Å². The molecule has 0 saturated carbocycles. The van der Waals surface area contributed by atoms with Crippen molar-refractivity contribution in [2.75, 3.05) is 0 Å². The van der Waals surface area contributed by atoms with Crippen LogP contribution in [0.15, 0.2) is 0 Å². The Labute approximate surface area is 60.9 Å². The standard InChI is InChI=1S/Al.3H2OP/c;3*1-2/h;3*2H2/q+3;3*-1. The van der Waals surface area contributed by atoms with Crippen LogP contribution in [-0.4, -0.2) is 17.4 Å². The molecular weight excluding hydrogens is 168 g/mol. The van der Waals surface area contributed by atoms with Crippen LogP contribution < -0.4 is 14.7 Å². The third kappa shape index (κ3) is 86.4. The van der Waals surface area contributed by atoms with Crippen molar-refractivity contribution in [1.29, 1.82) is 0 Å². The van der Waals surface area contributed by atoms with Gasteiger partial charge in [0.1, 0.15) is 0 Å². The van der Waals surface area contributed by atoms with E-state index in [0.29, 0.717) is 0 Å². The van der Waals surface area contributed by atoms with Gasteiger partial charge >= 0.3 is 17.4 Å². The molecule has 0 aromatic rings. The van der Waals surface area contributed by atoms with Crippen LogP contribution in [0.1, 0.15) is 0 Å². The second-order valence-electron chi connectivity index (χ2n) is 0. The van der Waals surface area contributed by atoms with E-state index in [0.717, 1.165) is 0 Å². The number of hydrogen-bond acceptors (Lipinski definition) is 3. The third-order valence-electron chi connectivity index (χ3n) is 0. The predicted octanol–water partition coefficient (Wildman–Crippen LogP) is -2.97. The van der Waals surface area contributed by atoms with Crippen LogP contribution in [0.2, 0.25) is 0 Å². The van der Waals surface area contributed by atoms with Crippen LogP contribution in [0, 0.1) is 0 Å². The zero-order chi connectivity index (χ0) is 6.00. The van der Waals surface area contributed by atoms with Crippen molar-refractivity contribution in [3.05, 3.63) is 0 Å². The summed E-state index contributed by atoms with van der Waals surface area (Å²) in [6.45, 7) is 0. The SMILES string of the molecule is [Al+3].[O-]P.[O-]P.[O-]P. The molecule has 0 spiro atoms. The third-order valence-corrected chi connectivity index (χ3v) is 0. The fourth-order valence-corrected chi connectivity index (χ4v) is 0. The van der Waals surface area contributed by atoms with Gasteiger partial charge in [0.15, 0.2) is 0 Å². The summed E-state index contributed by atoms with van der Waals surface area (Å²) in [5.74, 6) is 0. The van der Waals surface area contributed by atoms with E-state index in [1.54, 1.807) is 0 Å². The summed E-state index contributed by atoms with van der Waals surface area (Å²) in [6, 6.07) is 0. The molecule has 0 aliphatic carbocycles. The van der Waals surface area contributed by atoms with Crippen molar-refractivity contribution in [3.63, 3.8) is 0 Å². The van der Waals surface area contributed by atoms with E-state index in [9.17, 15) is 0 Å². The van der Waals surface area contributed by atoms with E-state index in [4.69, 9.17) is 14.7 Å². The maximum atomic E-state index is 8.17. The maximum absolute atomic E-state index is 8.17. The molecule has 0 amide bonds. The van der Waals surface area contributed by atoms with E-state index in [2.05, 4.69) is 0 Å². The molecule has 3 unspecified atom stereocenters. The van der Waals surface area contributed by atoms with Crippen molar-refractivity contribution in [1.82, 2.24) is 0 Å². The van der Waals surface area contributed by atoms with Crippen LogP contribution >= 0.6 is 28.4 Å². The topological polar surface area (TPSA) is 69.2 Å². The van der Waals surface area contributed by atoms with Crippen LogP contribution in [-0.2, 0) is 0 Å². The second-order valence-corrected chi connectivity index (χ2v) is 0. The van der Waals surface area contributed by atoms with E-state index in [1.807, 2.05) is 0 Å². The van der Waals surface area contributed by atoms with Crippen molar-refractivity contribution in [2.45, 2.75) is 0 Å². The molecule has 0 radical (unpaired) electrons. The summed E-state index contributed by atoms with van der Waals surface area (Å²) >= 11 is 0. The van der Waals surface area contributed by atoms with Gasteiger partial charge in [-0.25, -0.2) is 28.4 Å². The summed E-state index contributed by atoms with van der Waals surface area (Å²) < 4.78 is 0. The molecule has 0 heterocycles. The first-order valence-electron chi connectivity index (χ1n) is 0.707. The Kier molecular flexibility index (Phi) is 398. The van der Waals surface area contributed by atoms with E-state index < -0.39 is 0 Å². The molecule has 0 N–H and O–H groups in total. The molecule has 0 rings (SSSR count). The normalized spacial score (nSPS) is 2.57. The minimum atomic E-state index is 0. The van der Waals surface area contributed by atoms with E-state index >= 15 is 0 Å². The van der Waals surface area contributed by atoms with Gasteiger partial charge in [-0.1, -0.05) is 0 Å². The Bertz CT molecular complexity index is 10.1. The van der Waals surface area contributed by atoms with Gasteiger partial charge in [0.25, 0.3) is 0 Å². The zero-order valence-corrected chi connectivity index (χ0v) is 8.15. The molecule has 42 valence electrons. The molecule has 0 bridgehead atoms. The quantitative estimate of drug-likeness (QED) is 0.291. The summed E-state index contributed by atoms with van der Waals surface area (Å²) in [4.78, 5) is 24.5. The zero-order valence-electron chi connectivity index (χ0n) is 3.53. The molecule has 0 aliphatic heterocycles. The first-order valence-corrected chi connectivity index (χ1v) is 2.12. The molecule has 3 nitrogen and oxygen atoms in total. The van der Waals surface area contributed by atoms with E-state index in [-0.39, 0.29) is 17.4 Å². The molecule has 0 fully saturated rings. The van der Waals surface area contributed by atoms with Crippen molar-refractivity contribution < 1.29 is 14.7 Å². The number of hydrogen-bond donors (Lipinski definition) is 0. The average Bonchev–Trinajstić information content (AvgIpc) is 1.81. The van der Waals surface area contributed by atoms with Gasteiger partial charge in [0.2, 0.25) is 0 Å². The molecule has 0 aromatic heterocycles. The van der Waals surface area contributed by atoms with Crippen LogP contribution in [0.5, 0.6) is 0 Å². The first-order chi connectivity index (χ1) is 3.00. The Morgan fingerprint density at radius 1 is 0.571 bits per heavy atom. The van der Waals surface area contributed by atoms with Gasteiger partial charge in [-0.3, -0.25) is 0 Å². The minimum absolute atomic E-state index is 0. The Hall–Kier alpha value is 1.70. The number of rotatable bonds is 0. The average molecular weight is 174 g/mol. The predicted molar refractivity (Wildman–Crippen MR) is 34.9 cm³/mol. The maximum Gasteiger partial charge on any atom is 3.00 e. The molecule has 7 heavy (non-hydrogen) atoms. The van der Waals surface area contributed by atoms with Crippen molar-refractivity contribution in [3.8, 4) is 0 Å². The summed E-state index contributed by atoms with van der Waals surface area (Å²) in [5, 5.41) is 0. The molecule has 7 heteroatoms. The second kappa shape index (κ2) is 119. The molecule has 0 saturated heterocycles. The Morgan fingerprint density at radius 2 is 0.571 bits per heavy atom. The Morgan fingerprint density at radius 3 is 0.571 bits per heavy atom. The van der Waals surface area contributed by atoms with Gasteiger partial charge in [-0.2, -0.15) is 0 Å². The van der Waals surface area contributed by atoms with Gasteiger partial charge in [-0.05, 0) is 0 Å². The van der Waals surface area contributed by atoms with E-state index in [1.165, 1.54) is 28.4 Å². The smallest absolute Gasteiger partial charge is 0.834 e. The van der Waals surface area contributed by atoms with Crippen LogP contribution in [0.4, 0.5) is 0 Å². The van der Waals surface area contributed by atoms with Crippen LogP contribution in [0.3, 0.4) is 0 Å². The summed E-state index contributed by atoms with van der Waals surface area (Å²) in [6.07, 6.45) is 0. The fraction of sp³-hybridized carbons (Fsp3) is 0. The summed E-state index contributed by atoms with van der Waals surface area (Å²) in [5.41, 5.74) is 0. The van der Waals surface area contributed by atoms with Gasteiger partial charge in [0, 0.05) is 0 Å². The first kappa shape index (κ1) is 23.3. The summed E-state index contributed by atoms with van der Waals surface area (Å²) in [7, 11) is 3.50. The molecule has 3 atom stereocenters. The largest absolute Gasteiger partial charge is 3.00 e. The van der Waals surface area contributed by atoms with Gasteiger partial charge in [0.05, 0.1) is 0 Å². The van der Waals surface area contributed by atoms with Crippen LogP contribution in [0.25, 0.3) is 0 Å². The Balaban J connectivity index is -0.00000000900. The monoisotopic (exact) mass is 174 g/mol. The van der Waals surface area contributed by atoms with Gasteiger partial charge in [-0.15, -0.1) is 0 Å². The van der Waals surface area contributed by atoms with Gasteiger partial charge < -0.3 is 14.7 Å². The molecular formula is H6AlO3P3. The fourth-order valence-electron chi connectivity index (χ4n) is 0.